The summed E-state index contributed by atoms with van der Waals surface area (Å²) < 4.78 is 16.4. The smallest absolute Gasteiger partial charge is 0.320 e. The molecule has 22 heavy (non-hydrogen) atoms. The predicted octanol–water partition coefficient (Wildman–Crippen LogP) is -0.394. The Morgan fingerprint density at radius 2 is 1.73 bits per heavy atom. The highest BCUT2D eigenvalue weighted by molar-refractivity contribution is 5.48. The number of anilines is 2. The second-order valence-corrected chi connectivity index (χ2v) is 5.34. The Morgan fingerprint density at radius 3 is 2.45 bits per heavy atom. The van der Waals surface area contributed by atoms with Gasteiger partial charge in [-0.3, -0.25) is 4.90 Å². The Hall–Kier alpha value is -1.64. The van der Waals surface area contributed by atoms with Crippen LogP contribution in [0.5, 0.6) is 6.01 Å². The second-order valence-electron chi connectivity index (χ2n) is 5.34. The minimum atomic E-state index is 0.342. The van der Waals surface area contributed by atoms with Crippen molar-refractivity contribution < 1.29 is 14.2 Å². The van der Waals surface area contributed by atoms with Gasteiger partial charge < -0.3 is 24.8 Å². The molecule has 2 saturated heterocycles. The van der Waals surface area contributed by atoms with Gasteiger partial charge in [0.15, 0.2) is 0 Å². The highest BCUT2D eigenvalue weighted by Crippen LogP contribution is 2.18. The third-order valence-electron chi connectivity index (χ3n) is 3.79. The molecule has 0 unspecified atom stereocenters. The lowest BCUT2D eigenvalue weighted by atomic mass is 10.4. The highest BCUT2D eigenvalue weighted by atomic mass is 16.5. The lowest BCUT2D eigenvalue weighted by Crippen LogP contribution is -2.39. The van der Waals surface area contributed by atoms with E-state index >= 15 is 0 Å². The van der Waals surface area contributed by atoms with Crippen LogP contribution in [0.3, 0.4) is 0 Å². The molecule has 1 aromatic rings. The van der Waals surface area contributed by atoms with Crippen molar-refractivity contribution in [2.24, 2.45) is 0 Å². The molecule has 2 N–H and O–H groups in total. The fourth-order valence-electron chi connectivity index (χ4n) is 2.54. The number of hydrogen-bond acceptors (Lipinski definition) is 8. The maximum absolute atomic E-state index is 5.86. The first-order chi connectivity index (χ1) is 10.8. The molecule has 122 valence electrons. The number of aromatic nitrogens is 2. The third-order valence-corrected chi connectivity index (χ3v) is 3.79. The average molecular weight is 309 g/mol. The van der Waals surface area contributed by atoms with Crippen molar-refractivity contribution in [3.05, 3.63) is 6.07 Å². The first-order valence-electron chi connectivity index (χ1n) is 7.71. The summed E-state index contributed by atoms with van der Waals surface area (Å²) >= 11 is 0. The van der Waals surface area contributed by atoms with Gasteiger partial charge in [0.25, 0.3) is 0 Å². The summed E-state index contributed by atoms with van der Waals surface area (Å²) in [4.78, 5) is 13.0. The van der Waals surface area contributed by atoms with E-state index in [0.29, 0.717) is 31.6 Å². The quantitative estimate of drug-likeness (QED) is 0.787. The third kappa shape index (κ3) is 4.19. The fourth-order valence-corrected chi connectivity index (χ4v) is 2.54. The van der Waals surface area contributed by atoms with E-state index in [4.69, 9.17) is 19.9 Å². The zero-order valence-corrected chi connectivity index (χ0v) is 12.7. The SMILES string of the molecule is Nc1cc(N2CCOCC2)nc(OCCN2CCOCC2)n1. The average Bonchev–Trinajstić information content (AvgIpc) is 2.56. The Balaban J connectivity index is 1.54. The molecule has 8 heteroatoms. The molecule has 2 aliphatic heterocycles. The van der Waals surface area contributed by atoms with Gasteiger partial charge in [-0.25, -0.2) is 0 Å². The van der Waals surface area contributed by atoms with Crippen LogP contribution in [-0.2, 0) is 9.47 Å². The van der Waals surface area contributed by atoms with E-state index in [1.807, 2.05) is 0 Å². The monoisotopic (exact) mass is 309 g/mol. The standard InChI is InChI=1S/C14H23N5O3/c15-12-11-13(19-4-8-21-9-5-19)17-14(16-12)22-10-3-18-1-6-20-7-2-18/h11H,1-10H2,(H2,15,16,17). The Bertz CT molecular complexity index is 476. The van der Waals surface area contributed by atoms with Crippen LogP contribution in [-0.4, -0.2) is 80.6 Å². The van der Waals surface area contributed by atoms with E-state index in [2.05, 4.69) is 19.8 Å². The maximum atomic E-state index is 5.86. The van der Waals surface area contributed by atoms with Crippen LogP contribution in [0.2, 0.25) is 0 Å². The largest absolute Gasteiger partial charge is 0.462 e. The molecule has 0 bridgehead atoms. The number of morpholine rings is 2. The number of hydrogen-bond donors (Lipinski definition) is 1. The molecule has 3 heterocycles. The summed E-state index contributed by atoms with van der Waals surface area (Å²) in [5.74, 6) is 1.23. The number of ether oxygens (including phenoxy) is 3. The minimum Gasteiger partial charge on any atom is -0.462 e. The van der Waals surface area contributed by atoms with Crippen LogP contribution in [0.4, 0.5) is 11.6 Å². The molecule has 1 aromatic heterocycles. The van der Waals surface area contributed by atoms with E-state index in [1.54, 1.807) is 6.07 Å². The second kappa shape index (κ2) is 7.57. The normalized spacial score (nSPS) is 20.1. The number of rotatable bonds is 5. The van der Waals surface area contributed by atoms with E-state index < -0.39 is 0 Å². The van der Waals surface area contributed by atoms with Gasteiger partial charge >= 0.3 is 6.01 Å². The number of nitrogen functional groups attached to an aromatic ring is 1. The Labute approximate surface area is 130 Å². The molecule has 2 aliphatic rings. The van der Waals surface area contributed by atoms with Crippen LogP contribution < -0.4 is 15.4 Å². The van der Waals surface area contributed by atoms with Crippen LogP contribution >= 0.6 is 0 Å². The number of nitrogens with two attached hydrogens (primary N) is 1. The van der Waals surface area contributed by atoms with Gasteiger partial charge in [0.2, 0.25) is 0 Å². The molecule has 0 aliphatic carbocycles. The molecule has 0 atom stereocenters. The zero-order chi connectivity index (χ0) is 15.2. The topological polar surface area (TPSA) is 86.0 Å². The van der Waals surface area contributed by atoms with E-state index in [1.165, 1.54) is 0 Å². The van der Waals surface area contributed by atoms with Crippen LogP contribution in [0, 0.1) is 0 Å². The summed E-state index contributed by atoms with van der Waals surface area (Å²) in [6.45, 7) is 7.88. The van der Waals surface area contributed by atoms with Gasteiger partial charge in [0.1, 0.15) is 18.2 Å². The zero-order valence-electron chi connectivity index (χ0n) is 12.7. The molecule has 0 radical (unpaired) electrons. The molecular formula is C14H23N5O3. The van der Waals surface area contributed by atoms with Gasteiger partial charge in [-0.2, -0.15) is 9.97 Å². The molecule has 0 aromatic carbocycles. The van der Waals surface area contributed by atoms with E-state index in [-0.39, 0.29) is 0 Å². The van der Waals surface area contributed by atoms with Gasteiger partial charge in [0.05, 0.1) is 26.4 Å². The molecule has 2 fully saturated rings. The molecular weight excluding hydrogens is 286 g/mol. The van der Waals surface area contributed by atoms with E-state index in [9.17, 15) is 0 Å². The first-order valence-corrected chi connectivity index (χ1v) is 7.71. The predicted molar refractivity (Wildman–Crippen MR) is 82.2 cm³/mol. The van der Waals surface area contributed by atoms with Crippen molar-refractivity contribution >= 4 is 11.6 Å². The summed E-state index contributed by atoms with van der Waals surface area (Å²) in [5, 5.41) is 0. The van der Waals surface area contributed by atoms with Crippen LogP contribution in [0.1, 0.15) is 0 Å². The first kappa shape index (κ1) is 15.3. The molecule has 0 spiro atoms. The molecule has 0 amide bonds. The Morgan fingerprint density at radius 1 is 1.05 bits per heavy atom. The van der Waals surface area contributed by atoms with Crippen molar-refractivity contribution in [2.45, 2.75) is 0 Å². The maximum Gasteiger partial charge on any atom is 0.320 e. The van der Waals surface area contributed by atoms with Crippen LogP contribution in [0.25, 0.3) is 0 Å². The van der Waals surface area contributed by atoms with Crippen molar-refractivity contribution in [1.29, 1.82) is 0 Å². The minimum absolute atomic E-state index is 0.342. The van der Waals surface area contributed by atoms with Crippen molar-refractivity contribution in [3.8, 4) is 6.01 Å². The molecule has 3 rings (SSSR count). The molecule has 8 nitrogen and oxygen atoms in total. The van der Waals surface area contributed by atoms with Crippen molar-refractivity contribution in [3.63, 3.8) is 0 Å². The van der Waals surface area contributed by atoms with E-state index in [0.717, 1.165) is 51.8 Å². The van der Waals surface area contributed by atoms with Crippen LogP contribution in [0.15, 0.2) is 6.07 Å². The summed E-state index contributed by atoms with van der Waals surface area (Å²) in [6.07, 6.45) is 0. The van der Waals surface area contributed by atoms with Gasteiger partial charge in [0, 0.05) is 38.8 Å². The lowest BCUT2D eigenvalue weighted by molar-refractivity contribution is 0.0317. The molecule has 0 saturated carbocycles. The van der Waals surface area contributed by atoms with Gasteiger partial charge in [-0.15, -0.1) is 0 Å². The van der Waals surface area contributed by atoms with Crippen molar-refractivity contribution in [2.75, 3.05) is 76.4 Å². The van der Waals surface area contributed by atoms with Crippen molar-refractivity contribution in [1.82, 2.24) is 14.9 Å². The summed E-state index contributed by atoms with van der Waals surface area (Å²) in [5.41, 5.74) is 5.86. The fraction of sp³-hybridized carbons (Fsp3) is 0.714. The summed E-state index contributed by atoms with van der Waals surface area (Å²) in [6, 6.07) is 2.12. The summed E-state index contributed by atoms with van der Waals surface area (Å²) in [7, 11) is 0. The van der Waals surface area contributed by atoms with Gasteiger partial charge in [-0.1, -0.05) is 0 Å². The lowest BCUT2D eigenvalue weighted by Gasteiger charge is -2.28. The number of nitrogens with zero attached hydrogens (tertiary/aromatic N) is 4. The highest BCUT2D eigenvalue weighted by Gasteiger charge is 2.15. The Kier molecular flexibility index (Phi) is 5.25. The van der Waals surface area contributed by atoms with Gasteiger partial charge in [-0.05, 0) is 0 Å².